The van der Waals surface area contributed by atoms with E-state index in [2.05, 4.69) is 36.3 Å². The van der Waals surface area contributed by atoms with E-state index in [4.69, 9.17) is 4.52 Å². The van der Waals surface area contributed by atoms with Gasteiger partial charge in [0.1, 0.15) is 0 Å². The molecular formula is C19H24N2O2. The summed E-state index contributed by atoms with van der Waals surface area (Å²) < 4.78 is 5.26. The maximum absolute atomic E-state index is 12.7. The van der Waals surface area contributed by atoms with Crippen LogP contribution in [0.3, 0.4) is 0 Å². The van der Waals surface area contributed by atoms with Gasteiger partial charge in [0.25, 0.3) is 5.91 Å². The Kier molecular flexibility index (Phi) is 4.51. The average Bonchev–Trinajstić information content (AvgIpc) is 3.05. The van der Waals surface area contributed by atoms with Crippen LogP contribution in [0, 0.1) is 6.92 Å². The van der Waals surface area contributed by atoms with E-state index >= 15 is 0 Å². The average molecular weight is 312 g/mol. The molecule has 1 fully saturated rings. The van der Waals surface area contributed by atoms with E-state index < -0.39 is 0 Å². The van der Waals surface area contributed by atoms with Crippen LogP contribution in [0.25, 0.3) is 0 Å². The van der Waals surface area contributed by atoms with Gasteiger partial charge in [-0.05, 0) is 36.8 Å². The van der Waals surface area contributed by atoms with Gasteiger partial charge in [-0.1, -0.05) is 43.3 Å². The first-order chi connectivity index (χ1) is 11.1. The van der Waals surface area contributed by atoms with E-state index in [1.165, 1.54) is 11.1 Å². The van der Waals surface area contributed by atoms with Crippen molar-refractivity contribution in [3.05, 3.63) is 52.9 Å². The highest BCUT2D eigenvalue weighted by Crippen LogP contribution is 2.30. The van der Waals surface area contributed by atoms with Gasteiger partial charge in [0, 0.05) is 25.1 Å². The number of nitrogens with zero attached hydrogens (tertiary/aromatic N) is 2. The van der Waals surface area contributed by atoms with Gasteiger partial charge >= 0.3 is 0 Å². The Morgan fingerprint density at radius 2 is 2.13 bits per heavy atom. The number of carbonyl (C=O) groups is 1. The standard InChI is InChI=1S/C19H24N2O2/c1-13(2)17-11-18(23-20-17)19(22)21-10-6-8-15(12-21)16-9-5-4-7-14(16)3/h4-5,7,9,11,13,15H,6,8,10,12H2,1-3H3/t15-/m0/s1. The lowest BCUT2D eigenvalue weighted by atomic mass is 9.88. The lowest BCUT2D eigenvalue weighted by Gasteiger charge is -2.33. The number of benzene rings is 1. The van der Waals surface area contributed by atoms with Crippen LogP contribution < -0.4 is 0 Å². The largest absolute Gasteiger partial charge is 0.351 e. The molecule has 0 aliphatic carbocycles. The van der Waals surface area contributed by atoms with E-state index in [1.54, 1.807) is 6.07 Å². The van der Waals surface area contributed by atoms with Crippen molar-refractivity contribution < 1.29 is 9.32 Å². The maximum Gasteiger partial charge on any atom is 0.292 e. The third-order valence-corrected chi connectivity index (χ3v) is 4.67. The van der Waals surface area contributed by atoms with Crippen LogP contribution in [-0.2, 0) is 0 Å². The van der Waals surface area contributed by atoms with Crippen molar-refractivity contribution in [3.8, 4) is 0 Å². The number of piperidine rings is 1. The molecule has 0 radical (unpaired) electrons. The molecule has 1 aromatic heterocycles. The SMILES string of the molecule is Cc1ccccc1[C@H]1CCCN(C(=O)c2cc(C(C)C)no2)C1. The molecule has 1 atom stereocenters. The van der Waals surface area contributed by atoms with Crippen LogP contribution >= 0.6 is 0 Å². The normalized spacial score (nSPS) is 18.4. The number of hydrogen-bond acceptors (Lipinski definition) is 3. The molecule has 1 aliphatic rings. The van der Waals surface area contributed by atoms with Crippen molar-refractivity contribution in [3.63, 3.8) is 0 Å². The molecule has 0 saturated carbocycles. The van der Waals surface area contributed by atoms with Crippen molar-refractivity contribution in [2.45, 2.75) is 45.4 Å². The molecule has 4 nitrogen and oxygen atoms in total. The fourth-order valence-corrected chi connectivity index (χ4v) is 3.28. The van der Waals surface area contributed by atoms with Crippen LogP contribution in [0.5, 0.6) is 0 Å². The second kappa shape index (κ2) is 6.57. The molecule has 2 heterocycles. The Bertz CT molecular complexity index is 690. The van der Waals surface area contributed by atoms with Gasteiger partial charge in [-0.3, -0.25) is 4.79 Å². The molecule has 0 spiro atoms. The highest BCUT2D eigenvalue weighted by atomic mass is 16.5. The summed E-state index contributed by atoms with van der Waals surface area (Å²) >= 11 is 0. The molecule has 2 aromatic rings. The third-order valence-electron chi connectivity index (χ3n) is 4.67. The molecule has 122 valence electrons. The van der Waals surface area contributed by atoms with E-state index in [-0.39, 0.29) is 11.8 Å². The molecule has 1 amide bonds. The summed E-state index contributed by atoms with van der Waals surface area (Å²) in [7, 11) is 0. The minimum atomic E-state index is -0.0392. The van der Waals surface area contributed by atoms with Gasteiger partial charge in [-0.15, -0.1) is 0 Å². The summed E-state index contributed by atoms with van der Waals surface area (Å²) in [5.74, 6) is 0.990. The second-order valence-electron chi connectivity index (χ2n) is 6.72. The number of aromatic nitrogens is 1. The highest BCUT2D eigenvalue weighted by molar-refractivity contribution is 5.91. The van der Waals surface area contributed by atoms with Crippen molar-refractivity contribution in [1.29, 1.82) is 0 Å². The molecule has 1 aliphatic heterocycles. The van der Waals surface area contributed by atoms with Crippen molar-refractivity contribution in [2.75, 3.05) is 13.1 Å². The topological polar surface area (TPSA) is 46.3 Å². The zero-order valence-electron chi connectivity index (χ0n) is 14.1. The minimum Gasteiger partial charge on any atom is -0.351 e. The zero-order chi connectivity index (χ0) is 16.4. The van der Waals surface area contributed by atoms with Crippen LogP contribution in [0.4, 0.5) is 0 Å². The number of rotatable bonds is 3. The first-order valence-corrected chi connectivity index (χ1v) is 8.37. The Morgan fingerprint density at radius 3 is 2.83 bits per heavy atom. The molecule has 0 unspecified atom stereocenters. The maximum atomic E-state index is 12.7. The van der Waals surface area contributed by atoms with E-state index in [1.807, 2.05) is 18.7 Å². The van der Waals surface area contributed by atoms with E-state index in [9.17, 15) is 4.79 Å². The number of amides is 1. The van der Waals surface area contributed by atoms with Gasteiger partial charge in [0.2, 0.25) is 5.76 Å². The molecule has 3 rings (SSSR count). The van der Waals surface area contributed by atoms with E-state index in [0.29, 0.717) is 11.7 Å². The smallest absolute Gasteiger partial charge is 0.292 e. The number of hydrogen-bond donors (Lipinski definition) is 0. The van der Waals surface area contributed by atoms with Crippen LogP contribution in [0.15, 0.2) is 34.9 Å². The van der Waals surface area contributed by atoms with Crippen molar-refractivity contribution in [2.24, 2.45) is 0 Å². The predicted molar refractivity (Wildman–Crippen MR) is 89.6 cm³/mol. The van der Waals surface area contributed by atoms with Gasteiger partial charge in [-0.2, -0.15) is 0 Å². The Balaban J connectivity index is 1.75. The molecule has 0 bridgehead atoms. The van der Waals surface area contributed by atoms with Gasteiger partial charge in [0.05, 0.1) is 5.69 Å². The van der Waals surface area contributed by atoms with Gasteiger partial charge < -0.3 is 9.42 Å². The monoisotopic (exact) mass is 312 g/mol. The molecule has 4 heteroatoms. The molecular weight excluding hydrogens is 288 g/mol. The van der Waals surface area contributed by atoms with Gasteiger partial charge in [0.15, 0.2) is 0 Å². The lowest BCUT2D eigenvalue weighted by molar-refractivity contribution is 0.0664. The summed E-state index contributed by atoms with van der Waals surface area (Å²) in [5, 5.41) is 4.00. The summed E-state index contributed by atoms with van der Waals surface area (Å²) in [6.07, 6.45) is 2.15. The summed E-state index contributed by atoms with van der Waals surface area (Å²) in [6.45, 7) is 7.77. The predicted octanol–water partition coefficient (Wildman–Crippen LogP) is 4.13. The summed E-state index contributed by atoms with van der Waals surface area (Å²) in [5.41, 5.74) is 3.49. The van der Waals surface area contributed by atoms with Crippen molar-refractivity contribution in [1.82, 2.24) is 10.1 Å². The van der Waals surface area contributed by atoms with Crippen LogP contribution in [0.1, 0.15) is 65.9 Å². The lowest BCUT2D eigenvalue weighted by Crippen LogP contribution is -2.39. The number of aryl methyl sites for hydroxylation is 1. The first kappa shape index (κ1) is 15.8. The minimum absolute atomic E-state index is 0.0392. The van der Waals surface area contributed by atoms with Gasteiger partial charge in [-0.25, -0.2) is 0 Å². The fourth-order valence-electron chi connectivity index (χ4n) is 3.28. The molecule has 1 saturated heterocycles. The molecule has 1 aromatic carbocycles. The number of likely N-dealkylation sites (tertiary alicyclic amines) is 1. The Hall–Kier alpha value is -2.10. The summed E-state index contributed by atoms with van der Waals surface area (Å²) in [6, 6.07) is 10.2. The third kappa shape index (κ3) is 3.31. The van der Waals surface area contributed by atoms with Crippen LogP contribution in [0.2, 0.25) is 0 Å². The van der Waals surface area contributed by atoms with E-state index in [0.717, 1.165) is 31.6 Å². The molecule has 23 heavy (non-hydrogen) atoms. The number of carbonyl (C=O) groups excluding carboxylic acids is 1. The zero-order valence-corrected chi connectivity index (χ0v) is 14.1. The first-order valence-electron chi connectivity index (χ1n) is 8.37. The molecule has 0 N–H and O–H groups in total. The Morgan fingerprint density at radius 1 is 1.35 bits per heavy atom. The Labute approximate surface area is 137 Å². The van der Waals surface area contributed by atoms with Crippen molar-refractivity contribution >= 4 is 5.91 Å². The summed E-state index contributed by atoms with van der Waals surface area (Å²) in [4.78, 5) is 14.6. The second-order valence-corrected chi connectivity index (χ2v) is 6.72. The van der Waals surface area contributed by atoms with Crippen LogP contribution in [-0.4, -0.2) is 29.1 Å². The highest BCUT2D eigenvalue weighted by Gasteiger charge is 2.28. The fraction of sp³-hybridized carbons (Fsp3) is 0.474. The quantitative estimate of drug-likeness (QED) is 0.856.